The highest BCUT2D eigenvalue weighted by molar-refractivity contribution is 5.50. The zero-order valence-electron chi connectivity index (χ0n) is 10.6. The number of halogens is 1. The molecular formula is C14H21FN2. The van der Waals surface area contributed by atoms with Crippen LogP contribution in [-0.2, 0) is 0 Å². The van der Waals surface area contributed by atoms with Gasteiger partial charge < -0.3 is 10.6 Å². The van der Waals surface area contributed by atoms with Crippen molar-refractivity contribution in [2.75, 3.05) is 18.0 Å². The molecule has 0 saturated carbocycles. The molecule has 0 radical (unpaired) electrons. The maximum absolute atomic E-state index is 14.0. The number of rotatable bonds is 3. The summed E-state index contributed by atoms with van der Waals surface area (Å²) in [7, 11) is 0. The fourth-order valence-corrected chi connectivity index (χ4v) is 2.45. The highest BCUT2D eigenvalue weighted by atomic mass is 19.1. The highest BCUT2D eigenvalue weighted by Gasteiger charge is 2.23. The Hall–Kier alpha value is -1.09. The van der Waals surface area contributed by atoms with Gasteiger partial charge in [0.25, 0.3) is 0 Å². The summed E-state index contributed by atoms with van der Waals surface area (Å²) in [5, 5.41) is 0. The van der Waals surface area contributed by atoms with Crippen LogP contribution in [0.3, 0.4) is 0 Å². The van der Waals surface area contributed by atoms with E-state index in [0.29, 0.717) is 5.92 Å². The normalized spacial score (nSPS) is 21.9. The second-order valence-corrected chi connectivity index (χ2v) is 5.01. The first-order valence-electron chi connectivity index (χ1n) is 6.41. The smallest absolute Gasteiger partial charge is 0.146 e. The molecule has 0 bridgehead atoms. The van der Waals surface area contributed by atoms with E-state index in [2.05, 4.69) is 11.8 Å². The molecule has 1 fully saturated rings. The van der Waals surface area contributed by atoms with Gasteiger partial charge in [-0.3, -0.25) is 0 Å². The van der Waals surface area contributed by atoms with Crippen molar-refractivity contribution in [3.63, 3.8) is 0 Å². The van der Waals surface area contributed by atoms with E-state index in [1.165, 1.54) is 12.8 Å². The monoisotopic (exact) mass is 236 g/mol. The summed E-state index contributed by atoms with van der Waals surface area (Å²) >= 11 is 0. The van der Waals surface area contributed by atoms with Crippen LogP contribution in [0, 0.1) is 11.7 Å². The van der Waals surface area contributed by atoms with Gasteiger partial charge in [-0.25, -0.2) is 4.39 Å². The highest BCUT2D eigenvalue weighted by Crippen LogP contribution is 2.29. The third kappa shape index (κ3) is 2.60. The number of nitrogens with two attached hydrogens (primary N) is 1. The second-order valence-electron chi connectivity index (χ2n) is 5.01. The van der Waals surface area contributed by atoms with Crippen LogP contribution in [-0.4, -0.2) is 13.1 Å². The molecule has 0 aromatic heterocycles. The van der Waals surface area contributed by atoms with E-state index in [1.54, 1.807) is 6.07 Å². The molecular weight excluding hydrogens is 215 g/mol. The van der Waals surface area contributed by atoms with E-state index in [9.17, 15) is 4.39 Å². The maximum atomic E-state index is 14.0. The molecule has 17 heavy (non-hydrogen) atoms. The molecule has 94 valence electrons. The summed E-state index contributed by atoms with van der Waals surface area (Å²) in [4.78, 5) is 2.15. The van der Waals surface area contributed by atoms with Crippen molar-refractivity contribution < 1.29 is 4.39 Å². The number of benzene rings is 1. The van der Waals surface area contributed by atoms with Crippen LogP contribution < -0.4 is 10.6 Å². The van der Waals surface area contributed by atoms with E-state index in [0.717, 1.165) is 24.3 Å². The summed E-state index contributed by atoms with van der Waals surface area (Å²) in [6, 6.07) is 5.26. The Labute approximate surface area is 103 Å². The van der Waals surface area contributed by atoms with Gasteiger partial charge in [-0.15, -0.1) is 0 Å². The summed E-state index contributed by atoms with van der Waals surface area (Å²) in [5.41, 5.74) is 7.34. The van der Waals surface area contributed by atoms with Gasteiger partial charge in [-0.05, 0) is 37.0 Å². The van der Waals surface area contributed by atoms with Crippen molar-refractivity contribution in [1.29, 1.82) is 0 Å². The predicted molar refractivity (Wildman–Crippen MR) is 69.6 cm³/mol. The Bertz CT molecular complexity index is 390. The van der Waals surface area contributed by atoms with E-state index in [4.69, 9.17) is 5.73 Å². The minimum absolute atomic E-state index is 0.111. The average molecular weight is 236 g/mol. The van der Waals surface area contributed by atoms with Crippen LogP contribution in [0.15, 0.2) is 18.2 Å². The fourth-order valence-electron chi connectivity index (χ4n) is 2.45. The fraction of sp³-hybridized carbons (Fsp3) is 0.571. The van der Waals surface area contributed by atoms with Gasteiger partial charge in [0.1, 0.15) is 5.82 Å². The van der Waals surface area contributed by atoms with Crippen LogP contribution in [0.2, 0.25) is 0 Å². The largest absolute Gasteiger partial charge is 0.369 e. The number of hydrogen-bond acceptors (Lipinski definition) is 2. The summed E-state index contributed by atoms with van der Waals surface area (Å²) in [6.45, 7) is 6.01. The van der Waals surface area contributed by atoms with Crippen LogP contribution in [0.5, 0.6) is 0 Å². The lowest BCUT2D eigenvalue weighted by molar-refractivity contribution is 0.566. The van der Waals surface area contributed by atoms with Crippen LogP contribution in [0.4, 0.5) is 10.1 Å². The van der Waals surface area contributed by atoms with Gasteiger partial charge in [0.15, 0.2) is 0 Å². The topological polar surface area (TPSA) is 29.3 Å². The van der Waals surface area contributed by atoms with Crippen LogP contribution in [0.1, 0.15) is 38.3 Å². The van der Waals surface area contributed by atoms with Crippen molar-refractivity contribution in [3.05, 3.63) is 29.6 Å². The predicted octanol–water partition coefficient (Wildman–Crippen LogP) is 3.08. The molecule has 1 aliphatic rings. The molecule has 0 spiro atoms. The first kappa shape index (κ1) is 12.4. The lowest BCUT2D eigenvalue weighted by Gasteiger charge is -2.20. The van der Waals surface area contributed by atoms with Crippen LogP contribution >= 0.6 is 0 Å². The van der Waals surface area contributed by atoms with Gasteiger partial charge in [0.2, 0.25) is 0 Å². The van der Waals surface area contributed by atoms with E-state index in [1.807, 2.05) is 19.1 Å². The Balaban J connectivity index is 2.17. The number of anilines is 1. The van der Waals surface area contributed by atoms with Gasteiger partial charge in [0.05, 0.1) is 5.69 Å². The standard InChI is InChI=1S/C14H21FN2/c1-3-11-6-7-17(9-11)14-5-4-12(10(2)16)8-13(14)15/h4-5,8,10-11H,3,6-7,9,16H2,1-2H3/t10-,11?/m0/s1. The molecule has 1 aliphatic heterocycles. The summed E-state index contributed by atoms with van der Waals surface area (Å²) in [6.07, 6.45) is 2.35. The molecule has 1 aromatic carbocycles. The minimum atomic E-state index is -0.142. The van der Waals surface area contributed by atoms with E-state index >= 15 is 0 Å². The lowest BCUT2D eigenvalue weighted by atomic mass is 10.1. The summed E-state index contributed by atoms with van der Waals surface area (Å²) < 4.78 is 14.0. The zero-order valence-corrected chi connectivity index (χ0v) is 10.6. The van der Waals surface area contributed by atoms with Gasteiger partial charge in [-0.1, -0.05) is 19.4 Å². The van der Waals surface area contributed by atoms with Crippen molar-refractivity contribution in [3.8, 4) is 0 Å². The third-order valence-corrected chi connectivity index (χ3v) is 3.70. The van der Waals surface area contributed by atoms with Crippen molar-refractivity contribution in [1.82, 2.24) is 0 Å². The molecule has 2 N–H and O–H groups in total. The van der Waals surface area contributed by atoms with Crippen molar-refractivity contribution >= 4 is 5.69 Å². The molecule has 1 unspecified atom stereocenters. The number of hydrogen-bond donors (Lipinski definition) is 1. The molecule has 1 saturated heterocycles. The first-order chi connectivity index (χ1) is 8.11. The Morgan fingerprint density at radius 2 is 2.29 bits per heavy atom. The molecule has 0 aliphatic carbocycles. The Morgan fingerprint density at radius 3 is 2.82 bits per heavy atom. The lowest BCUT2D eigenvalue weighted by Crippen LogP contribution is -2.21. The van der Waals surface area contributed by atoms with Gasteiger partial charge in [-0.2, -0.15) is 0 Å². The molecule has 2 atom stereocenters. The first-order valence-corrected chi connectivity index (χ1v) is 6.41. The third-order valence-electron chi connectivity index (χ3n) is 3.70. The molecule has 1 heterocycles. The quantitative estimate of drug-likeness (QED) is 0.874. The minimum Gasteiger partial charge on any atom is -0.369 e. The number of nitrogens with zero attached hydrogens (tertiary/aromatic N) is 1. The van der Waals surface area contributed by atoms with Gasteiger partial charge in [0, 0.05) is 19.1 Å². The Morgan fingerprint density at radius 1 is 1.53 bits per heavy atom. The average Bonchev–Trinajstić information content (AvgIpc) is 2.77. The van der Waals surface area contributed by atoms with Crippen LogP contribution in [0.25, 0.3) is 0 Å². The summed E-state index contributed by atoms with van der Waals surface area (Å²) in [5.74, 6) is 0.569. The zero-order chi connectivity index (χ0) is 12.4. The van der Waals surface area contributed by atoms with E-state index in [-0.39, 0.29) is 11.9 Å². The molecule has 2 nitrogen and oxygen atoms in total. The maximum Gasteiger partial charge on any atom is 0.146 e. The Kier molecular flexibility index (Phi) is 3.67. The van der Waals surface area contributed by atoms with Gasteiger partial charge >= 0.3 is 0 Å². The molecule has 0 amide bonds. The SMILES string of the molecule is CCC1CCN(c2ccc([C@H](C)N)cc2F)C1. The van der Waals surface area contributed by atoms with Crippen molar-refractivity contribution in [2.24, 2.45) is 11.7 Å². The molecule has 3 heteroatoms. The molecule has 2 rings (SSSR count). The second kappa shape index (κ2) is 5.05. The molecule has 1 aromatic rings. The van der Waals surface area contributed by atoms with Crippen molar-refractivity contribution in [2.45, 2.75) is 32.7 Å². The van der Waals surface area contributed by atoms with E-state index < -0.39 is 0 Å².